The molecule has 0 saturated carbocycles. The van der Waals surface area contributed by atoms with E-state index >= 15 is 0 Å². The van der Waals surface area contributed by atoms with Crippen molar-refractivity contribution in [1.82, 2.24) is 5.32 Å². The largest absolute Gasteiger partial charge is 0.480 e. The van der Waals surface area contributed by atoms with E-state index in [-0.39, 0.29) is 6.42 Å². The van der Waals surface area contributed by atoms with Crippen LogP contribution in [0.25, 0.3) is 0 Å². The standard InChI is InChI=1S/C13H17NO5/c1-18-9-5-8-11(12(15)16)14-13(17)19-10-6-3-2-4-7-10/h2-4,6-7,11H,5,8-9H2,1H3,(H,14,17)(H,15,16). The minimum Gasteiger partial charge on any atom is -0.480 e. The fraction of sp³-hybridized carbons (Fsp3) is 0.385. The zero-order chi connectivity index (χ0) is 14.1. The molecule has 2 N–H and O–H groups in total. The Morgan fingerprint density at radius 1 is 1.32 bits per heavy atom. The average molecular weight is 267 g/mol. The third-order valence-electron chi connectivity index (χ3n) is 2.39. The van der Waals surface area contributed by atoms with Gasteiger partial charge in [-0.2, -0.15) is 0 Å². The Hall–Kier alpha value is -2.08. The summed E-state index contributed by atoms with van der Waals surface area (Å²) in [7, 11) is 1.53. The molecule has 0 radical (unpaired) electrons. The number of amides is 1. The minimum atomic E-state index is -1.10. The highest BCUT2D eigenvalue weighted by Gasteiger charge is 2.20. The van der Waals surface area contributed by atoms with E-state index in [1.54, 1.807) is 30.3 Å². The lowest BCUT2D eigenvalue weighted by Crippen LogP contribution is -2.42. The van der Waals surface area contributed by atoms with Crippen molar-refractivity contribution in [3.8, 4) is 5.75 Å². The van der Waals surface area contributed by atoms with Gasteiger partial charge in [-0.1, -0.05) is 18.2 Å². The fourth-order valence-electron chi connectivity index (χ4n) is 1.46. The number of methoxy groups -OCH3 is 1. The Bertz CT molecular complexity index is 407. The molecule has 1 aromatic carbocycles. The maximum Gasteiger partial charge on any atom is 0.413 e. The number of carbonyl (C=O) groups is 2. The first kappa shape index (κ1) is 15.0. The average Bonchev–Trinajstić information content (AvgIpc) is 2.38. The Morgan fingerprint density at radius 2 is 2.00 bits per heavy atom. The highest BCUT2D eigenvalue weighted by atomic mass is 16.6. The normalized spacial score (nSPS) is 11.6. The number of benzene rings is 1. The number of carboxylic acid groups (broad SMARTS) is 1. The molecule has 1 rings (SSSR count). The second kappa shape index (κ2) is 8.10. The van der Waals surface area contributed by atoms with Crippen LogP contribution in [0.15, 0.2) is 30.3 Å². The number of carbonyl (C=O) groups excluding carboxylic acids is 1. The number of carboxylic acids is 1. The number of hydrogen-bond donors (Lipinski definition) is 2. The van der Waals surface area contributed by atoms with Crippen molar-refractivity contribution in [3.63, 3.8) is 0 Å². The summed E-state index contributed by atoms with van der Waals surface area (Å²) in [6, 6.07) is 7.47. The highest BCUT2D eigenvalue weighted by molar-refractivity contribution is 5.80. The molecule has 1 atom stereocenters. The van der Waals surface area contributed by atoms with Gasteiger partial charge >= 0.3 is 12.1 Å². The number of nitrogens with one attached hydrogen (secondary N) is 1. The summed E-state index contributed by atoms with van der Waals surface area (Å²) in [6.45, 7) is 0.444. The SMILES string of the molecule is COCCCC(NC(=O)Oc1ccccc1)C(=O)O. The van der Waals surface area contributed by atoms with Crippen LogP contribution in [0.1, 0.15) is 12.8 Å². The molecule has 0 aliphatic rings. The van der Waals surface area contributed by atoms with E-state index in [1.165, 1.54) is 7.11 Å². The van der Waals surface area contributed by atoms with Crippen LogP contribution in [0.4, 0.5) is 4.79 Å². The molecular weight excluding hydrogens is 250 g/mol. The summed E-state index contributed by atoms with van der Waals surface area (Å²) in [4.78, 5) is 22.5. The Kier molecular flexibility index (Phi) is 6.38. The van der Waals surface area contributed by atoms with E-state index in [1.807, 2.05) is 0 Å². The van der Waals surface area contributed by atoms with Crippen LogP contribution in [-0.2, 0) is 9.53 Å². The van der Waals surface area contributed by atoms with Crippen molar-refractivity contribution in [3.05, 3.63) is 30.3 Å². The first-order valence-corrected chi connectivity index (χ1v) is 5.88. The molecule has 0 aliphatic heterocycles. The lowest BCUT2D eigenvalue weighted by molar-refractivity contribution is -0.139. The molecule has 6 nitrogen and oxygen atoms in total. The van der Waals surface area contributed by atoms with E-state index < -0.39 is 18.1 Å². The van der Waals surface area contributed by atoms with Gasteiger partial charge in [-0.3, -0.25) is 0 Å². The molecular formula is C13H17NO5. The van der Waals surface area contributed by atoms with E-state index in [0.29, 0.717) is 18.8 Å². The molecule has 0 bridgehead atoms. The monoisotopic (exact) mass is 267 g/mol. The van der Waals surface area contributed by atoms with Gasteiger partial charge in [0.15, 0.2) is 0 Å². The summed E-state index contributed by atoms with van der Waals surface area (Å²) >= 11 is 0. The van der Waals surface area contributed by atoms with Gasteiger partial charge < -0.3 is 19.9 Å². The van der Waals surface area contributed by atoms with Crippen LogP contribution in [0.3, 0.4) is 0 Å². The molecule has 1 unspecified atom stereocenters. The topological polar surface area (TPSA) is 84.9 Å². The number of para-hydroxylation sites is 1. The smallest absolute Gasteiger partial charge is 0.413 e. The Balaban J connectivity index is 2.45. The minimum absolute atomic E-state index is 0.285. The van der Waals surface area contributed by atoms with Gasteiger partial charge in [0.05, 0.1) is 0 Å². The van der Waals surface area contributed by atoms with Gasteiger partial charge in [-0.05, 0) is 25.0 Å². The lowest BCUT2D eigenvalue weighted by Gasteiger charge is -2.14. The first-order valence-electron chi connectivity index (χ1n) is 5.88. The van der Waals surface area contributed by atoms with Gasteiger partial charge in [-0.25, -0.2) is 9.59 Å². The van der Waals surface area contributed by atoms with Crippen LogP contribution >= 0.6 is 0 Å². The van der Waals surface area contributed by atoms with Crippen molar-refractivity contribution in [2.45, 2.75) is 18.9 Å². The third kappa shape index (κ3) is 5.87. The summed E-state index contributed by atoms with van der Waals surface area (Å²) in [5.74, 6) is -0.734. The summed E-state index contributed by atoms with van der Waals surface area (Å²) in [5, 5.41) is 11.3. The highest BCUT2D eigenvalue weighted by Crippen LogP contribution is 2.08. The molecule has 1 amide bonds. The van der Waals surface area contributed by atoms with Crippen LogP contribution in [-0.4, -0.2) is 36.9 Å². The zero-order valence-electron chi connectivity index (χ0n) is 10.7. The van der Waals surface area contributed by atoms with Crippen LogP contribution in [0, 0.1) is 0 Å². The molecule has 1 aromatic rings. The number of ether oxygens (including phenoxy) is 2. The first-order chi connectivity index (χ1) is 9.13. The predicted molar refractivity (Wildman–Crippen MR) is 68.1 cm³/mol. The number of aliphatic carboxylic acids is 1. The molecule has 0 fully saturated rings. The molecule has 0 aromatic heterocycles. The second-order valence-electron chi connectivity index (χ2n) is 3.87. The molecule has 6 heteroatoms. The van der Waals surface area contributed by atoms with Gasteiger partial charge in [0.1, 0.15) is 11.8 Å². The molecule has 0 aliphatic carbocycles. The molecule has 0 spiro atoms. The van der Waals surface area contributed by atoms with E-state index in [0.717, 1.165) is 0 Å². The summed E-state index contributed by atoms with van der Waals surface area (Å²) < 4.78 is 9.79. The van der Waals surface area contributed by atoms with E-state index in [2.05, 4.69) is 5.32 Å². The van der Waals surface area contributed by atoms with Gasteiger partial charge in [-0.15, -0.1) is 0 Å². The molecule has 19 heavy (non-hydrogen) atoms. The Labute approximate surface area is 111 Å². The van der Waals surface area contributed by atoms with Crippen LogP contribution in [0.5, 0.6) is 5.75 Å². The zero-order valence-corrected chi connectivity index (χ0v) is 10.7. The van der Waals surface area contributed by atoms with Gasteiger partial charge in [0.2, 0.25) is 0 Å². The maximum atomic E-state index is 11.5. The van der Waals surface area contributed by atoms with Crippen molar-refractivity contribution in [1.29, 1.82) is 0 Å². The van der Waals surface area contributed by atoms with Crippen molar-refractivity contribution >= 4 is 12.1 Å². The van der Waals surface area contributed by atoms with Crippen LogP contribution < -0.4 is 10.1 Å². The fourth-order valence-corrected chi connectivity index (χ4v) is 1.46. The number of hydrogen-bond acceptors (Lipinski definition) is 4. The van der Waals surface area contributed by atoms with Crippen molar-refractivity contribution in [2.75, 3.05) is 13.7 Å². The molecule has 0 saturated heterocycles. The van der Waals surface area contributed by atoms with Crippen LogP contribution in [0.2, 0.25) is 0 Å². The Morgan fingerprint density at radius 3 is 2.58 bits per heavy atom. The lowest BCUT2D eigenvalue weighted by atomic mass is 10.1. The summed E-state index contributed by atoms with van der Waals surface area (Å²) in [5.41, 5.74) is 0. The van der Waals surface area contributed by atoms with Gasteiger partial charge in [0, 0.05) is 13.7 Å². The van der Waals surface area contributed by atoms with E-state index in [9.17, 15) is 9.59 Å². The van der Waals surface area contributed by atoms with Gasteiger partial charge in [0.25, 0.3) is 0 Å². The van der Waals surface area contributed by atoms with Crippen molar-refractivity contribution in [2.24, 2.45) is 0 Å². The molecule has 104 valence electrons. The number of rotatable bonds is 7. The molecule has 0 heterocycles. The maximum absolute atomic E-state index is 11.5. The quantitative estimate of drug-likeness (QED) is 0.734. The predicted octanol–water partition coefficient (Wildman–Crippen LogP) is 1.65. The van der Waals surface area contributed by atoms with E-state index in [4.69, 9.17) is 14.6 Å². The van der Waals surface area contributed by atoms with Crippen molar-refractivity contribution < 1.29 is 24.2 Å². The second-order valence-corrected chi connectivity index (χ2v) is 3.87. The third-order valence-corrected chi connectivity index (χ3v) is 2.39. The summed E-state index contributed by atoms with van der Waals surface area (Å²) in [6.07, 6.45) is 0.0441.